The molecule has 176 valence electrons. The van der Waals surface area contributed by atoms with Gasteiger partial charge in [0, 0.05) is 6.42 Å². The fourth-order valence-corrected chi connectivity index (χ4v) is 2.36. The minimum Gasteiger partial charge on any atom is -0.481 e. The molecule has 0 aromatic carbocycles. The Morgan fingerprint density at radius 3 is 1.97 bits per heavy atom. The zero-order chi connectivity index (χ0) is 24.0. The number of carboxylic acids is 3. The number of nitrogens with two attached hydrogens (primary N) is 2. The van der Waals surface area contributed by atoms with Crippen LogP contribution in [0.4, 0.5) is 0 Å². The lowest BCUT2D eigenvalue weighted by Gasteiger charge is -2.19. The van der Waals surface area contributed by atoms with E-state index in [0.29, 0.717) is 19.4 Å². The quantitative estimate of drug-likeness (QED) is 0.110. The molecule has 0 aliphatic rings. The minimum atomic E-state index is -1.58. The van der Waals surface area contributed by atoms with Crippen molar-refractivity contribution in [3.63, 3.8) is 0 Å². The molecule has 0 radical (unpaired) electrons. The third kappa shape index (κ3) is 12.8. The molecule has 0 aromatic heterocycles. The van der Waals surface area contributed by atoms with E-state index in [4.69, 9.17) is 26.8 Å². The number of nitrogens with one attached hydrogen (secondary N) is 3. The summed E-state index contributed by atoms with van der Waals surface area (Å²) in [6.45, 7) is -0.288. The molecule has 10 N–H and O–H groups in total. The Morgan fingerprint density at radius 2 is 1.45 bits per heavy atom. The van der Waals surface area contributed by atoms with Gasteiger partial charge in [0.1, 0.15) is 12.1 Å². The summed E-state index contributed by atoms with van der Waals surface area (Å²) < 4.78 is 0. The summed E-state index contributed by atoms with van der Waals surface area (Å²) in [7, 11) is 0. The molecule has 14 heteroatoms. The van der Waals surface area contributed by atoms with Gasteiger partial charge in [-0.05, 0) is 32.2 Å². The Bertz CT molecular complexity index is 670. The van der Waals surface area contributed by atoms with Crippen LogP contribution >= 0.6 is 0 Å². The number of rotatable bonds is 16. The van der Waals surface area contributed by atoms with Crippen LogP contribution in [0.3, 0.4) is 0 Å². The second-order valence-corrected chi connectivity index (χ2v) is 6.66. The molecule has 0 aromatic rings. The van der Waals surface area contributed by atoms with Crippen LogP contribution in [-0.2, 0) is 28.8 Å². The molecule has 0 bridgehead atoms. The van der Waals surface area contributed by atoms with Gasteiger partial charge < -0.3 is 42.7 Å². The second kappa shape index (κ2) is 14.7. The van der Waals surface area contributed by atoms with E-state index < -0.39 is 73.1 Å². The third-order valence-electron chi connectivity index (χ3n) is 4.02. The van der Waals surface area contributed by atoms with Crippen LogP contribution in [-0.4, -0.2) is 82.2 Å². The van der Waals surface area contributed by atoms with Crippen molar-refractivity contribution in [3.05, 3.63) is 0 Å². The molecule has 3 amide bonds. The van der Waals surface area contributed by atoms with Crippen LogP contribution in [0, 0.1) is 0 Å². The lowest BCUT2D eigenvalue weighted by molar-refractivity contribution is -0.142. The van der Waals surface area contributed by atoms with Gasteiger partial charge in [0.05, 0.1) is 19.0 Å². The summed E-state index contributed by atoms with van der Waals surface area (Å²) >= 11 is 0. The average Bonchev–Trinajstić information content (AvgIpc) is 2.68. The van der Waals surface area contributed by atoms with Crippen LogP contribution in [0.2, 0.25) is 0 Å². The molecule has 0 saturated carbocycles. The van der Waals surface area contributed by atoms with Crippen LogP contribution < -0.4 is 27.4 Å². The van der Waals surface area contributed by atoms with E-state index in [1.165, 1.54) is 0 Å². The highest BCUT2D eigenvalue weighted by atomic mass is 16.4. The standard InChI is InChI=1S/C17H29N5O9/c18-6-2-1-3-10(17(30)31)21-12(23)8-20-16(29)11(7-14(26)27)22-15(28)9(19)4-5-13(24)25/h9-11H,1-8,18-19H2,(H,20,29)(H,21,23)(H,22,28)(H,24,25)(H,26,27)(H,30,31). The van der Waals surface area contributed by atoms with Crippen LogP contribution in [0.5, 0.6) is 0 Å². The molecule has 0 rings (SSSR count). The van der Waals surface area contributed by atoms with Crippen molar-refractivity contribution >= 4 is 35.6 Å². The van der Waals surface area contributed by atoms with E-state index >= 15 is 0 Å². The molecule has 3 atom stereocenters. The molecule has 0 heterocycles. The predicted molar refractivity (Wildman–Crippen MR) is 105 cm³/mol. The first-order valence-electron chi connectivity index (χ1n) is 9.47. The summed E-state index contributed by atoms with van der Waals surface area (Å²) in [5.74, 6) is -6.63. The average molecular weight is 447 g/mol. The van der Waals surface area contributed by atoms with E-state index in [0.717, 1.165) is 0 Å². The van der Waals surface area contributed by atoms with Crippen molar-refractivity contribution in [3.8, 4) is 0 Å². The summed E-state index contributed by atoms with van der Waals surface area (Å²) in [6.07, 6.45) is -0.275. The molecule has 14 nitrogen and oxygen atoms in total. The predicted octanol–water partition coefficient (Wildman–Crippen LogP) is -3.05. The smallest absolute Gasteiger partial charge is 0.326 e. The zero-order valence-corrected chi connectivity index (χ0v) is 16.8. The normalized spacial score (nSPS) is 13.4. The zero-order valence-electron chi connectivity index (χ0n) is 16.8. The Labute approximate surface area is 177 Å². The highest BCUT2D eigenvalue weighted by Crippen LogP contribution is 2.01. The number of carboxylic acid groups (broad SMARTS) is 3. The van der Waals surface area contributed by atoms with Crippen LogP contribution in [0.1, 0.15) is 38.5 Å². The molecule has 0 saturated heterocycles. The van der Waals surface area contributed by atoms with E-state index in [1.807, 2.05) is 0 Å². The van der Waals surface area contributed by atoms with Gasteiger partial charge >= 0.3 is 17.9 Å². The van der Waals surface area contributed by atoms with Gasteiger partial charge in [-0.1, -0.05) is 0 Å². The maximum absolute atomic E-state index is 12.2. The Balaban J connectivity index is 4.80. The summed E-state index contributed by atoms with van der Waals surface area (Å²) in [4.78, 5) is 68.8. The molecule has 0 fully saturated rings. The van der Waals surface area contributed by atoms with Crippen molar-refractivity contribution in [2.24, 2.45) is 11.5 Å². The van der Waals surface area contributed by atoms with Crippen molar-refractivity contribution in [2.45, 2.75) is 56.7 Å². The first-order chi connectivity index (χ1) is 14.5. The van der Waals surface area contributed by atoms with Crippen molar-refractivity contribution in [1.82, 2.24) is 16.0 Å². The number of aliphatic carboxylic acids is 3. The first-order valence-corrected chi connectivity index (χ1v) is 9.47. The number of carbonyl (C=O) groups is 6. The Hall–Kier alpha value is -3.26. The van der Waals surface area contributed by atoms with Crippen LogP contribution in [0.15, 0.2) is 0 Å². The van der Waals surface area contributed by atoms with Gasteiger partial charge in [0.2, 0.25) is 17.7 Å². The van der Waals surface area contributed by atoms with Gasteiger partial charge in [-0.3, -0.25) is 24.0 Å². The Morgan fingerprint density at radius 1 is 0.806 bits per heavy atom. The topological polar surface area (TPSA) is 251 Å². The summed E-state index contributed by atoms with van der Waals surface area (Å²) in [6, 6.07) is -4.04. The monoisotopic (exact) mass is 447 g/mol. The van der Waals surface area contributed by atoms with E-state index in [-0.39, 0.29) is 12.8 Å². The van der Waals surface area contributed by atoms with Gasteiger partial charge in [0.25, 0.3) is 0 Å². The van der Waals surface area contributed by atoms with Gasteiger partial charge in [-0.25, -0.2) is 4.79 Å². The number of carbonyl (C=O) groups excluding carboxylic acids is 3. The van der Waals surface area contributed by atoms with E-state index in [2.05, 4.69) is 16.0 Å². The number of hydrogen-bond donors (Lipinski definition) is 8. The number of unbranched alkanes of at least 4 members (excludes halogenated alkanes) is 1. The minimum absolute atomic E-state index is 0.137. The highest BCUT2D eigenvalue weighted by Gasteiger charge is 2.27. The fraction of sp³-hybridized carbons (Fsp3) is 0.647. The molecular formula is C17H29N5O9. The molecule has 31 heavy (non-hydrogen) atoms. The van der Waals surface area contributed by atoms with Gasteiger partial charge in [-0.15, -0.1) is 0 Å². The maximum Gasteiger partial charge on any atom is 0.326 e. The van der Waals surface area contributed by atoms with E-state index in [1.54, 1.807) is 0 Å². The highest BCUT2D eigenvalue weighted by molar-refractivity contribution is 5.94. The van der Waals surface area contributed by atoms with Crippen molar-refractivity contribution < 1.29 is 44.1 Å². The number of hydrogen-bond acceptors (Lipinski definition) is 8. The third-order valence-corrected chi connectivity index (χ3v) is 4.02. The summed E-state index contributed by atoms with van der Waals surface area (Å²) in [5.41, 5.74) is 10.8. The summed E-state index contributed by atoms with van der Waals surface area (Å²) in [5, 5.41) is 33.1. The lowest BCUT2D eigenvalue weighted by atomic mass is 10.1. The van der Waals surface area contributed by atoms with Crippen molar-refractivity contribution in [2.75, 3.05) is 13.1 Å². The Kier molecular flexibility index (Phi) is 13.1. The molecule has 0 aliphatic heterocycles. The molecular weight excluding hydrogens is 418 g/mol. The fourth-order valence-electron chi connectivity index (χ4n) is 2.36. The molecule has 3 unspecified atom stereocenters. The maximum atomic E-state index is 12.2. The first kappa shape index (κ1) is 27.7. The second-order valence-electron chi connectivity index (χ2n) is 6.66. The van der Waals surface area contributed by atoms with Crippen molar-refractivity contribution in [1.29, 1.82) is 0 Å². The largest absolute Gasteiger partial charge is 0.481 e. The molecule has 0 spiro atoms. The molecule has 0 aliphatic carbocycles. The lowest BCUT2D eigenvalue weighted by Crippen LogP contribution is -2.54. The number of amides is 3. The van der Waals surface area contributed by atoms with Gasteiger partial charge in [0.15, 0.2) is 0 Å². The van der Waals surface area contributed by atoms with E-state index in [9.17, 15) is 28.8 Å². The SMILES string of the molecule is NCCCCC(NC(=O)CNC(=O)C(CC(=O)O)NC(=O)C(N)CCC(=O)O)C(=O)O. The van der Waals surface area contributed by atoms with Gasteiger partial charge in [-0.2, -0.15) is 0 Å². The van der Waals surface area contributed by atoms with Crippen LogP contribution in [0.25, 0.3) is 0 Å².